The fourth-order valence-corrected chi connectivity index (χ4v) is 5.85. The van der Waals surface area contributed by atoms with Gasteiger partial charge in [-0.05, 0) is 0 Å². The predicted molar refractivity (Wildman–Crippen MR) is 135 cm³/mol. The summed E-state index contributed by atoms with van der Waals surface area (Å²) < 4.78 is 37.6. The highest BCUT2D eigenvalue weighted by atomic mass is 31.2. The number of aliphatic hydroxyl groups is 3. The van der Waals surface area contributed by atoms with Crippen LogP contribution in [0.15, 0.2) is 22.4 Å². The van der Waals surface area contributed by atoms with Gasteiger partial charge in [-0.3, -0.25) is 28.0 Å². The lowest BCUT2D eigenvalue weighted by Gasteiger charge is -2.25. The van der Waals surface area contributed by atoms with Crippen LogP contribution in [0.3, 0.4) is 0 Å². The number of anilines is 1. The number of hydrogen-bond donors (Lipinski definition) is 8. The normalized spacial score (nSPS) is 32.7. The Kier molecular flexibility index (Phi) is 7.14. The molecular weight excluding hydrogens is 571 g/mol. The van der Waals surface area contributed by atoms with E-state index < -0.39 is 75.7 Å². The van der Waals surface area contributed by atoms with Crippen LogP contribution in [0.2, 0.25) is 0 Å². The van der Waals surface area contributed by atoms with Gasteiger partial charge in [0, 0.05) is 6.42 Å². The first-order chi connectivity index (χ1) is 19.6. The summed E-state index contributed by atoms with van der Waals surface area (Å²) in [6.45, 7) is -1.23. The van der Waals surface area contributed by atoms with Crippen molar-refractivity contribution in [2.24, 2.45) is 10.7 Å². The number of aromatic amines is 1. The highest BCUT2D eigenvalue weighted by Gasteiger charge is 2.50. The molecule has 0 aromatic carbocycles. The minimum atomic E-state index is -4.95. The lowest BCUT2D eigenvalue weighted by molar-refractivity contribution is -0.0595. The Morgan fingerprint density at radius 2 is 1.98 bits per heavy atom. The first-order valence-corrected chi connectivity index (χ1v) is 13.8. The molecule has 3 aliphatic rings. The molecule has 3 aromatic rings. The first kappa shape index (κ1) is 27.8. The molecule has 0 bridgehead atoms. The van der Waals surface area contributed by atoms with E-state index in [0.29, 0.717) is 11.5 Å². The number of hydrogen-bond acceptors (Lipinski definition) is 16. The molecule has 0 saturated carbocycles. The maximum Gasteiger partial charge on any atom is 0.472 e. The van der Waals surface area contributed by atoms with E-state index >= 15 is 0 Å². The molecule has 20 nitrogen and oxygen atoms in total. The molecule has 21 heteroatoms. The highest BCUT2D eigenvalue weighted by Crippen LogP contribution is 2.50. The number of phosphoric acid groups is 1. The number of nitrogens with two attached hydrogens (primary N) is 2. The number of fused-ring (bicyclic) bond motifs is 2. The number of H-pyrrole nitrogens is 1. The molecule has 41 heavy (non-hydrogen) atoms. The van der Waals surface area contributed by atoms with E-state index in [2.05, 4.69) is 30.2 Å². The molecule has 6 rings (SSSR count). The molecular formula is C20H27N10O10P. The van der Waals surface area contributed by atoms with Crippen molar-refractivity contribution in [1.29, 1.82) is 0 Å². The van der Waals surface area contributed by atoms with Crippen LogP contribution in [0, 0.1) is 0 Å². The van der Waals surface area contributed by atoms with E-state index in [1.165, 1.54) is 17.2 Å². The van der Waals surface area contributed by atoms with Crippen molar-refractivity contribution in [3.63, 3.8) is 0 Å². The lowest BCUT2D eigenvalue weighted by atomic mass is 10.1. The Labute approximate surface area is 229 Å². The van der Waals surface area contributed by atoms with Crippen LogP contribution in [-0.2, 0) is 23.1 Å². The smallest absolute Gasteiger partial charge is 0.394 e. The Bertz CT molecular complexity index is 1580. The minimum Gasteiger partial charge on any atom is -0.394 e. The summed E-state index contributed by atoms with van der Waals surface area (Å²) in [7, 11) is -4.95. The standard InChI is InChI=1S/C20H27N10O10P/c21-15-11-16(24-4-23-15)29(5-25-11)10-1-7(32)9(38-10)3-37-41(35,36)40-14-13(33)8(2-31)39-19(14)30-6-26-12-17(30)27-20(22)28-18(12)34/h4-10,13-15,19,31-33H,1-3,21H2,(H,23,24)(H,35,36)(H3,22,27,28,34)/t7?,8-,9-,10-,13?,14?,15?,19-/m1/s1. The molecule has 5 unspecified atom stereocenters. The van der Waals surface area contributed by atoms with Gasteiger partial charge < -0.3 is 46.5 Å². The van der Waals surface area contributed by atoms with E-state index in [1.54, 1.807) is 4.57 Å². The molecule has 2 fully saturated rings. The fraction of sp³-hybridized carbons (Fsp3) is 0.550. The van der Waals surface area contributed by atoms with Crippen LogP contribution < -0.4 is 22.3 Å². The fourth-order valence-electron chi connectivity index (χ4n) is 4.91. The molecule has 9 atom stereocenters. The largest absolute Gasteiger partial charge is 0.472 e. The van der Waals surface area contributed by atoms with Gasteiger partial charge in [-0.25, -0.2) is 19.5 Å². The summed E-state index contributed by atoms with van der Waals surface area (Å²) in [4.78, 5) is 41.4. The van der Waals surface area contributed by atoms with E-state index in [9.17, 15) is 29.6 Å². The minimum absolute atomic E-state index is 0.0550. The van der Waals surface area contributed by atoms with E-state index in [-0.39, 0.29) is 23.5 Å². The SMILES string of the molecule is Nc1nc2c(ncn2[C@@H]2O[C@H](CO)C(O)C2OP(=O)(O)OC[C@H]2O[C@@H](n3cnc4c3N=CNC4N)CC2O)c(=O)[nH]1. The van der Waals surface area contributed by atoms with Gasteiger partial charge in [-0.15, -0.1) is 0 Å². The van der Waals surface area contributed by atoms with Crippen LogP contribution >= 0.6 is 7.82 Å². The number of aromatic nitrogens is 6. The number of nitrogens with zero attached hydrogens (tertiary/aromatic N) is 6. The molecule has 222 valence electrons. The summed E-state index contributed by atoms with van der Waals surface area (Å²) in [6, 6.07) is 0. The molecule has 2 saturated heterocycles. The Balaban J connectivity index is 1.16. The second-order valence-corrected chi connectivity index (χ2v) is 10.9. The van der Waals surface area contributed by atoms with Gasteiger partial charge in [0.25, 0.3) is 5.56 Å². The summed E-state index contributed by atoms with van der Waals surface area (Å²) >= 11 is 0. The van der Waals surface area contributed by atoms with Crippen LogP contribution in [0.5, 0.6) is 0 Å². The quantitative estimate of drug-likeness (QED) is 0.122. The van der Waals surface area contributed by atoms with Crippen molar-refractivity contribution in [3.05, 3.63) is 28.7 Å². The molecule has 10 N–H and O–H groups in total. The number of phosphoric ester groups is 1. The van der Waals surface area contributed by atoms with Gasteiger partial charge >= 0.3 is 7.82 Å². The van der Waals surface area contributed by atoms with Gasteiger partial charge in [-0.1, -0.05) is 0 Å². The van der Waals surface area contributed by atoms with E-state index in [4.69, 9.17) is 30.0 Å². The summed E-state index contributed by atoms with van der Waals surface area (Å²) in [6.07, 6.45) is -5.05. The van der Waals surface area contributed by atoms with Crippen LogP contribution in [0.1, 0.15) is 30.7 Å². The third-order valence-electron chi connectivity index (χ3n) is 6.92. The van der Waals surface area contributed by atoms with Gasteiger partial charge in [0.1, 0.15) is 42.5 Å². The van der Waals surface area contributed by atoms with Gasteiger partial charge in [-0.2, -0.15) is 4.98 Å². The maximum atomic E-state index is 13.0. The second-order valence-electron chi connectivity index (χ2n) is 9.54. The molecule has 0 radical (unpaired) electrons. The van der Waals surface area contributed by atoms with Gasteiger partial charge in [0.05, 0.1) is 38.3 Å². The Morgan fingerprint density at radius 1 is 1.20 bits per heavy atom. The predicted octanol–water partition coefficient (Wildman–Crippen LogP) is -2.78. The number of aliphatic hydroxyl groups excluding tert-OH is 3. The number of nitrogens with one attached hydrogen (secondary N) is 2. The Morgan fingerprint density at radius 3 is 2.76 bits per heavy atom. The lowest BCUT2D eigenvalue weighted by Crippen LogP contribution is -2.35. The van der Waals surface area contributed by atoms with Crippen LogP contribution in [0.25, 0.3) is 11.2 Å². The van der Waals surface area contributed by atoms with E-state index in [1.807, 2.05) is 0 Å². The van der Waals surface area contributed by atoms with Crippen molar-refractivity contribution in [2.75, 3.05) is 18.9 Å². The third kappa shape index (κ3) is 5.03. The zero-order valence-electron chi connectivity index (χ0n) is 21.0. The van der Waals surface area contributed by atoms with Crippen molar-refractivity contribution in [2.45, 2.75) is 55.6 Å². The zero-order chi connectivity index (χ0) is 29.1. The van der Waals surface area contributed by atoms with Crippen molar-refractivity contribution in [3.8, 4) is 0 Å². The first-order valence-electron chi connectivity index (χ1n) is 12.3. The Hall–Kier alpha value is -3.30. The average molecular weight is 598 g/mol. The molecule has 3 aliphatic heterocycles. The maximum absolute atomic E-state index is 13.0. The van der Waals surface area contributed by atoms with Crippen molar-refractivity contribution < 1.29 is 43.3 Å². The topological polar surface area (TPSA) is 293 Å². The van der Waals surface area contributed by atoms with Gasteiger partial charge in [0.2, 0.25) is 5.95 Å². The number of rotatable bonds is 8. The van der Waals surface area contributed by atoms with Gasteiger partial charge in [0.15, 0.2) is 23.2 Å². The summed E-state index contributed by atoms with van der Waals surface area (Å²) in [5, 5.41) is 33.7. The van der Waals surface area contributed by atoms with Crippen LogP contribution in [-0.4, -0.2) is 99.4 Å². The van der Waals surface area contributed by atoms with Crippen molar-refractivity contribution in [1.82, 2.24) is 34.4 Å². The molecule has 0 aliphatic carbocycles. The molecule has 6 heterocycles. The van der Waals surface area contributed by atoms with E-state index in [0.717, 1.165) is 6.33 Å². The monoisotopic (exact) mass is 598 g/mol. The second kappa shape index (κ2) is 10.5. The third-order valence-corrected chi connectivity index (χ3v) is 7.90. The number of nitrogen functional groups attached to an aromatic ring is 1. The summed E-state index contributed by atoms with van der Waals surface area (Å²) in [5.74, 6) is 0.210. The zero-order valence-corrected chi connectivity index (χ0v) is 21.9. The summed E-state index contributed by atoms with van der Waals surface area (Å²) in [5.41, 5.74) is 11.3. The van der Waals surface area contributed by atoms with Crippen molar-refractivity contribution >= 4 is 37.1 Å². The molecule has 0 spiro atoms. The number of imidazole rings is 2. The molecule has 0 amide bonds. The highest BCUT2D eigenvalue weighted by molar-refractivity contribution is 7.47. The average Bonchev–Trinajstić information content (AvgIpc) is 3.69. The number of aliphatic imine (C=N–C) groups is 1. The number of ether oxygens (including phenoxy) is 2. The molecule has 3 aromatic heterocycles. The van der Waals surface area contributed by atoms with Crippen LogP contribution in [0.4, 0.5) is 11.8 Å².